The number of ether oxygens (including phenoxy) is 2. The maximum absolute atomic E-state index is 12.8. The molecule has 0 saturated heterocycles. The summed E-state index contributed by atoms with van der Waals surface area (Å²) in [6.07, 6.45) is 2.66. The number of Topliss-reactive ketones (excluding diaryl/α,β-unsaturated/α-hetero) is 1. The van der Waals surface area contributed by atoms with Crippen molar-refractivity contribution in [1.29, 1.82) is 0 Å². The molecule has 1 aliphatic heterocycles. The molecule has 0 amide bonds. The highest BCUT2D eigenvalue weighted by Crippen LogP contribution is 2.39. The molecule has 0 aliphatic carbocycles. The molecule has 0 spiro atoms. The average molecular weight is 459 g/mol. The molecule has 0 atom stereocenters. The molecule has 164 valence electrons. The summed E-state index contributed by atoms with van der Waals surface area (Å²) in [5.74, 6) is 0.105. The molecule has 0 radical (unpaired) electrons. The van der Waals surface area contributed by atoms with Gasteiger partial charge in [0.15, 0.2) is 5.76 Å². The first kappa shape index (κ1) is 21.0. The van der Waals surface area contributed by atoms with Gasteiger partial charge in [-0.1, -0.05) is 42.8 Å². The fraction of sp³-hybridized carbons (Fsp3) is 0.111. The minimum absolute atomic E-state index is 0.0558. The van der Waals surface area contributed by atoms with Crippen molar-refractivity contribution in [1.82, 2.24) is 0 Å². The summed E-state index contributed by atoms with van der Waals surface area (Å²) in [6, 6.07) is 17.8. The Hall–Kier alpha value is -3.83. The average Bonchev–Trinajstić information content (AvgIpc) is 3.37. The lowest BCUT2D eigenvalue weighted by Gasteiger charge is -2.09. The maximum atomic E-state index is 12.8. The molecule has 0 fully saturated rings. The van der Waals surface area contributed by atoms with Gasteiger partial charge in [0.2, 0.25) is 11.5 Å². The number of aryl methyl sites for hydroxylation is 1. The van der Waals surface area contributed by atoms with Crippen molar-refractivity contribution in [2.75, 3.05) is 0 Å². The Kier molecular flexibility index (Phi) is 5.27. The topological polar surface area (TPSA) is 65.7 Å². The normalized spacial score (nSPS) is 13.9. The van der Waals surface area contributed by atoms with Crippen molar-refractivity contribution in [3.63, 3.8) is 0 Å². The van der Waals surface area contributed by atoms with Gasteiger partial charge in [0.25, 0.3) is 0 Å². The number of furan rings is 1. The molecule has 0 unspecified atom stereocenters. The Balaban J connectivity index is 1.40. The van der Waals surface area contributed by atoms with E-state index in [1.54, 1.807) is 49.4 Å². The van der Waals surface area contributed by atoms with Crippen LogP contribution in [-0.2, 0) is 6.42 Å². The number of carbonyl (C=O) groups excluding carboxylic acids is 2. The van der Waals surface area contributed by atoms with Crippen LogP contribution >= 0.6 is 11.6 Å². The van der Waals surface area contributed by atoms with E-state index in [9.17, 15) is 9.59 Å². The predicted octanol–water partition coefficient (Wildman–Crippen LogP) is 6.79. The van der Waals surface area contributed by atoms with E-state index in [4.69, 9.17) is 25.5 Å². The molecule has 1 aromatic heterocycles. The molecule has 0 N–H and O–H groups in total. The van der Waals surface area contributed by atoms with E-state index in [0.29, 0.717) is 38.6 Å². The van der Waals surface area contributed by atoms with Gasteiger partial charge in [-0.05, 0) is 66.9 Å². The fourth-order valence-electron chi connectivity index (χ4n) is 3.74. The van der Waals surface area contributed by atoms with Gasteiger partial charge < -0.3 is 13.9 Å². The van der Waals surface area contributed by atoms with Crippen LogP contribution in [0.2, 0.25) is 5.02 Å². The van der Waals surface area contributed by atoms with Gasteiger partial charge in [-0.2, -0.15) is 0 Å². The number of hydrogen-bond acceptors (Lipinski definition) is 5. The quantitative estimate of drug-likeness (QED) is 0.191. The zero-order valence-electron chi connectivity index (χ0n) is 18.0. The minimum atomic E-state index is -0.651. The number of halogens is 1. The molecule has 5 nitrogen and oxygen atoms in total. The van der Waals surface area contributed by atoms with E-state index in [0.717, 1.165) is 12.0 Å². The summed E-state index contributed by atoms with van der Waals surface area (Å²) in [5, 5.41) is 1.25. The van der Waals surface area contributed by atoms with Crippen LogP contribution in [0.1, 0.15) is 44.5 Å². The Morgan fingerprint density at radius 2 is 1.85 bits per heavy atom. The van der Waals surface area contributed by atoms with Crippen LogP contribution in [0, 0.1) is 6.92 Å². The van der Waals surface area contributed by atoms with Gasteiger partial charge in [0.05, 0.1) is 5.56 Å². The lowest BCUT2D eigenvalue weighted by atomic mass is 10.0. The van der Waals surface area contributed by atoms with Crippen LogP contribution in [0.25, 0.3) is 17.0 Å². The molecule has 1 aliphatic rings. The van der Waals surface area contributed by atoms with Gasteiger partial charge in [0.1, 0.15) is 17.1 Å². The summed E-state index contributed by atoms with van der Waals surface area (Å²) in [7, 11) is 0. The highest BCUT2D eigenvalue weighted by Gasteiger charge is 2.31. The van der Waals surface area contributed by atoms with Crippen LogP contribution < -0.4 is 9.47 Å². The molecule has 6 heteroatoms. The standard InChI is InChI=1S/C27H19ClO5/c1-3-16-4-6-17(7-5-16)12-23-25(29)20-9-11-21(15(2)26(20)32-23)33-27(30)24-14-18-13-19(28)8-10-22(18)31-24/h4-14H,3H2,1-2H3/b23-12-. The zero-order valence-corrected chi connectivity index (χ0v) is 18.7. The van der Waals surface area contributed by atoms with Gasteiger partial charge in [-0.25, -0.2) is 4.79 Å². The molecular formula is C27H19ClO5. The monoisotopic (exact) mass is 458 g/mol. The summed E-state index contributed by atoms with van der Waals surface area (Å²) >= 11 is 6.00. The summed E-state index contributed by atoms with van der Waals surface area (Å²) in [6.45, 7) is 3.83. The van der Waals surface area contributed by atoms with Crippen LogP contribution in [0.15, 0.2) is 70.8 Å². The van der Waals surface area contributed by atoms with E-state index in [-0.39, 0.29) is 17.3 Å². The molecular weight excluding hydrogens is 440 g/mol. The third kappa shape index (κ3) is 3.92. The number of ketones is 1. The lowest BCUT2D eigenvalue weighted by molar-refractivity contribution is 0.0702. The van der Waals surface area contributed by atoms with E-state index >= 15 is 0 Å². The van der Waals surface area contributed by atoms with Crippen molar-refractivity contribution in [3.8, 4) is 11.5 Å². The highest BCUT2D eigenvalue weighted by molar-refractivity contribution is 6.31. The Labute approximate surface area is 195 Å². The van der Waals surface area contributed by atoms with E-state index in [1.165, 1.54) is 5.56 Å². The summed E-state index contributed by atoms with van der Waals surface area (Å²) in [5.41, 5.74) is 3.61. The number of benzene rings is 3. The Morgan fingerprint density at radius 1 is 1.06 bits per heavy atom. The SMILES string of the molecule is CCc1ccc(/C=C2\Oc3c(ccc(OC(=O)c4cc5cc(Cl)ccc5o4)c3C)C2=O)cc1. The number of allylic oxidation sites excluding steroid dienone is 1. The van der Waals surface area contributed by atoms with Crippen molar-refractivity contribution in [2.24, 2.45) is 0 Å². The van der Waals surface area contributed by atoms with Crippen LogP contribution in [0.3, 0.4) is 0 Å². The van der Waals surface area contributed by atoms with Gasteiger partial charge >= 0.3 is 5.97 Å². The first-order valence-corrected chi connectivity index (χ1v) is 10.9. The largest absolute Gasteiger partial charge is 0.452 e. The van der Waals surface area contributed by atoms with Crippen LogP contribution in [0.5, 0.6) is 11.5 Å². The first-order chi connectivity index (χ1) is 15.9. The first-order valence-electron chi connectivity index (χ1n) is 10.5. The second-order valence-corrected chi connectivity index (χ2v) is 8.22. The smallest absolute Gasteiger partial charge is 0.379 e. The molecule has 0 saturated carbocycles. The Morgan fingerprint density at radius 3 is 2.61 bits per heavy atom. The molecule has 33 heavy (non-hydrogen) atoms. The van der Waals surface area contributed by atoms with Crippen molar-refractivity contribution >= 4 is 40.4 Å². The fourth-order valence-corrected chi connectivity index (χ4v) is 3.93. The molecule has 0 bridgehead atoms. The number of hydrogen-bond donors (Lipinski definition) is 0. The second kappa shape index (κ2) is 8.26. The van der Waals surface area contributed by atoms with Gasteiger partial charge in [-0.15, -0.1) is 0 Å². The van der Waals surface area contributed by atoms with Crippen molar-refractivity contribution in [3.05, 3.63) is 99.5 Å². The Bertz CT molecular complexity index is 1440. The van der Waals surface area contributed by atoms with E-state index in [1.807, 2.05) is 24.3 Å². The van der Waals surface area contributed by atoms with Crippen molar-refractivity contribution in [2.45, 2.75) is 20.3 Å². The summed E-state index contributed by atoms with van der Waals surface area (Å²) < 4.78 is 17.0. The van der Waals surface area contributed by atoms with Crippen LogP contribution in [0.4, 0.5) is 0 Å². The predicted molar refractivity (Wildman–Crippen MR) is 126 cm³/mol. The minimum Gasteiger partial charge on any atom is -0.452 e. The number of rotatable bonds is 4. The third-order valence-corrected chi connectivity index (χ3v) is 5.84. The molecule has 5 rings (SSSR count). The van der Waals surface area contributed by atoms with Crippen LogP contribution in [-0.4, -0.2) is 11.8 Å². The van der Waals surface area contributed by atoms with Gasteiger partial charge in [-0.3, -0.25) is 4.79 Å². The van der Waals surface area contributed by atoms with Crippen molar-refractivity contribution < 1.29 is 23.5 Å². The maximum Gasteiger partial charge on any atom is 0.379 e. The molecule has 3 aromatic carbocycles. The lowest BCUT2D eigenvalue weighted by Crippen LogP contribution is -2.08. The third-order valence-electron chi connectivity index (χ3n) is 5.60. The molecule has 4 aromatic rings. The second-order valence-electron chi connectivity index (χ2n) is 7.78. The number of esters is 1. The number of carbonyl (C=O) groups is 2. The van der Waals surface area contributed by atoms with E-state index < -0.39 is 5.97 Å². The van der Waals surface area contributed by atoms with Gasteiger partial charge in [0, 0.05) is 16.0 Å². The highest BCUT2D eigenvalue weighted by atomic mass is 35.5. The number of fused-ring (bicyclic) bond motifs is 2. The van der Waals surface area contributed by atoms with E-state index in [2.05, 4.69) is 6.92 Å². The molecule has 2 heterocycles. The summed E-state index contributed by atoms with van der Waals surface area (Å²) in [4.78, 5) is 25.5. The zero-order chi connectivity index (χ0) is 23.1.